The maximum atomic E-state index is 12.5. The summed E-state index contributed by atoms with van der Waals surface area (Å²) in [5.41, 5.74) is 6.89. The van der Waals surface area contributed by atoms with Crippen molar-refractivity contribution in [2.45, 2.75) is 32.1 Å². The molecule has 14 heteroatoms. The molecule has 2 N–H and O–H groups in total. The molecule has 0 saturated carbocycles. The van der Waals surface area contributed by atoms with Gasteiger partial charge in [-0.1, -0.05) is 6.42 Å². The fourth-order valence-corrected chi connectivity index (χ4v) is 4.69. The largest absolute Gasteiger partial charge is 0.497 e. The van der Waals surface area contributed by atoms with Crippen LogP contribution in [0.3, 0.4) is 0 Å². The first kappa shape index (κ1) is 39.1. The van der Waals surface area contributed by atoms with Gasteiger partial charge in [-0.05, 0) is 109 Å². The zero-order valence-corrected chi connectivity index (χ0v) is 29.8. The van der Waals surface area contributed by atoms with Crippen LogP contribution in [0, 0.1) is 0 Å². The Balaban J connectivity index is 1.13. The fourth-order valence-electron chi connectivity index (χ4n) is 4.69. The summed E-state index contributed by atoms with van der Waals surface area (Å²) in [6, 6.07) is 22.8. The van der Waals surface area contributed by atoms with Crippen molar-refractivity contribution < 1.29 is 47.6 Å². The number of unbranched alkanes of at least 4 members (excludes halogenated alkanes) is 2. The van der Waals surface area contributed by atoms with Gasteiger partial charge in [0.05, 0.1) is 52.0 Å². The molecule has 4 aromatic rings. The van der Waals surface area contributed by atoms with E-state index in [0.29, 0.717) is 64.5 Å². The molecule has 0 saturated heterocycles. The number of hydrogen-bond acceptors (Lipinski definition) is 12. The van der Waals surface area contributed by atoms with Crippen LogP contribution < -0.4 is 39.3 Å². The van der Waals surface area contributed by atoms with Crippen molar-refractivity contribution >= 4 is 36.2 Å². The zero-order chi connectivity index (χ0) is 38.0. The molecule has 0 heterocycles. The number of nitrogens with one attached hydrogen (secondary N) is 2. The summed E-state index contributed by atoms with van der Waals surface area (Å²) >= 11 is 0. The third-order valence-electron chi connectivity index (χ3n) is 7.55. The van der Waals surface area contributed by atoms with Gasteiger partial charge in [0.25, 0.3) is 0 Å². The Kier molecular flexibility index (Phi) is 14.9. The van der Waals surface area contributed by atoms with Gasteiger partial charge in [-0.3, -0.25) is 9.59 Å². The third-order valence-corrected chi connectivity index (χ3v) is 7.55. The van der Waals surface area contributed by atoms with Crippen LogP contribution in [0.1, 0.15) is 63.9 Å². The van der Waals surface area contributed by atoms with E-state index >= 15 is 0 Å². The van der Waals surface area contributed by atoms with Crippen LogP contribution in [0.4, 0.5) is 0 Å². The van der Waals surface area contributed by atoms with Crippen LogP contribution >= 0.6 is 0 Å². The first-order valence-corrected chi connectivity index (χ1v) is 16.4. The number of nitrogens with zero attached hydrogens (tertiary/aromatic N) is 2. The second kappa shape index (κ2) is 20.2. The summed E-state index contributed by atoms with van der Waals surface area (Å²) in [5.74, 6) is 0.681. The number of rotatable bonds is 18. The standard InChI is InChI=1S/C39H40N4O10/c1-48-30-16-12-28(13-17-30)38(46)52-32-20-10-26(22-34(32)50-3)24-40-42-36(44)8-6-5-7-9-37(45)43-41-25-27-11-21-33(35(23-27)51-4)53-39(47)29-14-18-31(49-2)19-15-29/h10-25H,5-9H2,1-4H3,(H,42,44)(H,43,45). The lowest BCUT2D eigenvalue weighted by atomic mass is 10.1. The molecule has 0 aliphatic heterocycles. The summed E-state index contributed by atoms with van der Waals surface area (Å²) in [4.78, 5) is 49.5. The number of esters is 2. The van der Waals surface area contributed by atoms with Crippen LogP contribution in [0.2, 0.25) is 0 Å². The van der Waals surface area contributed by atoms with Gasteiger partial charge in [-0.15, -0.1) is 0 Å². The first-order chi connectivity index (χ1) is 25.7. The van der Waals surface area contributed by atoms with Crippen molar-refractivity contribution in [3.8, 4) is 34.5 Å². The van der Waals surface area contributed by atoms with Crippen molar-refractivity contribution in [2.75, 3.05) is 28.4 Å². The molecule has 0 unspecified atom stereocenters. The van der Waals surface area contributed by atoms with Crippen molar-refractivity contribution in [3.63, 3.8) is 0 Å². The van der Waals surface area contributed by atoms with Gasteiger partial charge in [0.15, 0.2) is 23.0 Å². The highest BCUT2D eigenvalue weighted by Gasteiger charge is 2.15. The van der Waals surface area contributed by atoms with E-state index in [9.17, 15) is 19.2 Å². The number of hydrazone groups is 2. The van der Waals surface area contributed by atoms with Crippen LogP contribution in [0.25, 0.3) is 0 Å². The minimum atomic E-state index is -0.553. The lowest BCUT2D eigenvalue weighted by Gasteiger charge is -2.10. The number of benzene rings is 4. The van der Waals surface area contributed by atoms with E-state index in [0.717, 1.165) is 0 Å². The molecule has 53 heavy (non-hydrogen) atoms. The van der Waals surface area contributed by atoms with E-state index in [1.165, 1.54) is 40.9 Å². The monoisotopic (exact) mass is 724 g/mol. The SMILES string of the molecule is COc1ccc(C(=O)Oc2ccc(C=NNC(=O)CCCCCC(=O)NN=Cc3ccc(OC(=O)c4ccc(OC)cc4)c(OC)c3)cc2OC)cc1. The van der Waals surface area contributed by atoms with Gasteiger partial charge in [0.1, 0.15) is 11.5 Å². The minimum Gasteiger partial charge on any atom is -0.497 e. The maximum Gasteiger partial charge on any atom is 0.343 e. The molecule has 2 amide bonds. The maximum absolute atomic E-state index is 12.5. The molecule has 0 aromatic heterocycles. The minimum absolute atomic E-state index is 0.230. The van der Waals surface area contributed by atoms with Crippen LogP contribution in [0.15, 0.2) is 95.1 Å². The molecule has 4 rings (SSSR count). The quantitative estimate of drug-likeness (QED) is 0.0426. The van der Waals surface area contributed by atoms with Crippen molar-refractivity contribution in [1.29, 1.82) is 0 Å². The average molecular weight is 725 g/mol. The van der Waals surface area contributed by atoms with E-state index in [-0.39, 0.29) is 36.2 Å². The van der Waals surface area contributed by atoms with E-state index in [1.54, 1.807) is 84.9 Å². The molecule has 0 atom stereocenters. The molecule has 0 bridgehead atoms. The molecule has 0 aliphatic rings. The van der Waals surface area contributed by atoms with Gasteiger partial charge in [0.2, 0.25) is 11.8 Å². The van der Waals surface area contributed by atoms with E-state index < -0.39 is 11.9 Å². The summed E-state index contributed by atoms with van der Waals surface area (Å²) in [5, 5.41) is 7.98. The first-order valence-electron chi connectivity index (χ1n) is 16.4. The molecule has 276 valence electrons. The van der Waals surface area contributed by atoms with Crippen LogP contribution in [-0.2, 0) is 9.59 Å². The van der Waals surface area contributed by atoms with Crippen molar-refractivity contribution in [2.24, 2.45) is 10.2 Å². The van der Waals surface area contributed by atoms with E-state index in [4.69, 9.17) is 28.4 Å². The number of ether oxygens (including phenoxy) is 6. The average Bonchev–Trinajstić information content (AvgIpc) is 3.18. The Morgan fingerprint density at radius 1 is 0.509 bits per heavy atom. The molecule has 4 aromatic carbocycles. The predicted molar refractivity (Wildman–Crippen MR) is 196 cm³/mol. The number of hydrogen-bond donors (Lipinski definition) is 2. The topological polar surface area (TPSA) is 172 Å². The van der Waals surface area contributed by atoms with Gasteiger partial charge in [0, 0.05) is 12.8 Å². The highest BCUT2D eigenvalue weighted by atomic mass is 16.6. The van der Waals surface area contributed by atoms with Crippen molar-refractivity contribution in [3.05, 3.63) is 107 Å². The Morgan fingerprint density at radius 3 is 1.26 bits per heavy atom. The van der Waals surface area contributed by atoms with Crippen LogP contribution in [0.5, 0.6) is 34.5 Å². The molecule has 14 nitrogen and oxygen atoms in total. The highest BCUT2D eigenvalue weighted by Crippen LogP contribution is 2.30. The van der Waals surface area contributed by atoms with Crippen LogP contribution in [-0.4, -0.2) is 64.6 Å². The number of amides is 2. The highest BCUT2D eigenvalue weighted by molar-refractivity contribution is 5.92. The van der Waals surface area contributed by atoms with Crippen molar-refractivity contribution in [1.82, 2.24) is 10.9 Å². The molecule has 0 spiro atoms. The van der Waals surface area contributed by atoms with Gasteiger partial charge < -0.3 is 28.4 Å². The number of methoxy groups -OCH3 is 4. The summed E-state index contributed by atoms with van der Waals surface area (Å²) < 4.78 is 31.9. The van der Waals surface area contributed by atoms with E-state index in [2.05, 4.69) is 21.1 Å². The fraction of sp³-hybridized carbons (Fsp3) is 0.231. The summed E-state index contributed by atoms with van der Waals surface area (Å²) in [7, 11) is 5.98. The van der Waals surface area contributed by atoms with Gasteiger partial charge >= 0.3 is 11.9 Å². The second-order valence-corrected chi connectivity index (χ2v) is 11.2. The Labute approximate surface area is 306 Å². The van der Waals surface area contributed by atoms with E-state index in [1.807, 2.05) is 0 Å². The second-order valence-electron chi connectivity index (χ2n) is 11.2. The molecular formula is C39H40N4O10. The molecule has 0 aliphatic carbocycles. The molecular weight excluding hydrogens is 684 g/mol. The predicted octanol–water partition coefficient (Wildman–Crippen LogP) is 5.71. The molecule has 0 radical (unpaired) electrons. The Bertz CT molecular complexity index is 1790. The summed E-state index contributed by atoms with van der Waals surface area (Å²) in [6.45, 7) is 0. The molecule has 0 fully saturated rings. The smallest absolute Gasteiger partial charge is 0.343 e. The lowest BCUT2D eigenvalue weighted by Crippen LogP contribution is -2.18. The number of carbonyl (C=O) groups is 4. The lowest BCUT2D eigenvalue weighted by molar-refractivity contribution is -0.121. The number of carbonyl (C=O) groups excluding carboxylic acids is 4. The van der Waals surface area contributed by atoms with Gasteiger partial charge in [-0.25, -0.2) is 20.4 Å². The Morgan fingerprint density at radius 2 is 0.906 bits per heavy atom. The van der Waals surface area contributed by atoms with Gasteiger partial charge in [-0.2, -0.15) is 10.2 Å². The summed E-state index contributed by atoms with van der Waals surface area (Å²) in [6.07, 6.45) is 5.13. The third kappa shape index (κ3) is 12.2. The normalized spacial score (nSPS) is 10.8. The Hall–Kier alpha value is -6.70. The zero-order valence-electron chi connectivity index (χ0n) is 29.8.